The Hall–Kier alpha value is -0.900. The summed E-state index contributed by atoms with van der Waals surface area (Å²) in [7, 11) is 0. The van der Waals surface area contributed by atoms with Crippen molar-refractivity contribution in [3.8, 4) is 0 Å². The molecule has 1 N–H and O–H groups in total. The van der Waals surface area contributed by atoms with E-state index in [2.05, 4.69) is 61.6 Å². The first-order chi connectivity index (χ1) is 8.49. The molecule has 4 heteroatoms. The highest BCUT2D eigenvalue weighted by atomic mass is 15.4. The molecule has 0 saturated carbocycles. The molecule has 1 aromatic heterocycles. The van der Waals surface area contributed by atoms with E-state index in [9.17, 15) is 0 Å². The number of hydrogen-bond acceptors (Lipinski definition) is 3. The molecule has 0 aliphatic carbocycles. The van der Waals surface area contributed by atoms with E-state index in [0.717, 1.165) is 31.0 Å². The second-order valence-corrected chi connectivity index (χ2v) is 5.38. The van der Waals surface area contributed by atoms with E-state index in [4.69, 9.17) is 0 Å². The molecular weight excluding hydrogens is 224 g/mol. The zero-order valence-corrected chi connectivity index (χ0v) is 12.7. The van der Waals surface area contributed by atoms with Crippen LogP contribution in [0.2, 0.25) is 0 Å². The lowest BCUT2D eigenvalue weighted by Gasteiger charge is -2.23. The summed E-state index contributed by atoms with van der Waals surface area (Å²) >= 11 is 0. The van der Waals surface area contributed by atoms with Crippen molar-refractivity contribution in [1.82, 2.24) is 20.1 Å². The molecule has 1 heterocycles. The first kappa shape index (κ1) is 15.2. The van der Waals surface area contributed by atoms with Crippen molar-refractivity contribution in [3.05, 3.63) is 11.6 Å². The monoisotopic (exact) mass is 252 g/mol. The van der Waals surface area contributed by atoms with Crippen LogP contribution in [0.1, 0.15) is 59.2 Å². The minimum Gasteiger partial charge on any atom is -0.314 e. The van der Waals surface area contributed by atoms with Crippen LogP contribution in [0.4, 0.5) is 0 Å². The number of nitrogens with one attached hydrogen (secondary N) is 1. The van der Waals surface area contributed by atoms with Gasteiger partial charge in [0.2, 0.25) is 0 Å². The van der Waals surface area contributed by atoms with E-state index < -0.39 is 0 Å². The molecule has 18 heavy (non-hydrogen) atoms. The van der Waals surface area contributed by atoms with E-state index in [0.29, 0.717) is 18.0 Å². The van der Waals surface area contributed by atoms with Crippen LogP contribution in [-0.2, 0) is 12.8 Å². The lowest BCUT2D eigenvalue weighted by Crippen LogP contribution is -2.32. The third-order valence-electron chi connectivity index (χ3n) is 3.44. The van der Waals surface area contributed by atoms with Crippen molar-refractivity contribution in [3.63, 3.8) is 0 Å². The number of aromatic nitrogens is 3. The Balaban J connectivity index is 2.75. The molecule has 2 atom stereocenters. The Morgan fingerprint density at radius 3 is 2.28 bits per heavy atom. The van der Waals surface area contributed by atoms with E-state index >= 15 is 0 Å². The second-order valence-electron chi connectivity index (χ2n) is 5.38. The maximum Gasteiger partial charge on any atom is 0.150 e. The van der Waals surface area contributed by atoms with Crippen LogP contribution in [0.3, 0.4) is 0 Å². The van der Waals surface area contributed by atoms with Crippen molar-refractivity contribution in [1.29, 1.82) is 0 Å². The molecule has 4 nitrogen and oxygen atoms in total. The third kappa shape index (κ3) is 3.80. The standard InChI is InChI=1S/C14H28N4/c1-7-13-16-14(8-2)18(17-13)12(6)11(5)9-15-10(3)4/h10-12,15H,7-9H2,1-6H3. The van der Waals surface area contributed by atoms with Crippen LogP contribution >= 0.6 is 0 Å². The summed E-state index contributed by atoms with van der Waals surface area (Å²) in [6, 6.07) is 0.922. The maximum atomic E-state index is 4.63. The largest absolute Gasteiger partial charge is 0.314 e. The normalized spacial score (nSPS) is 15.1. The van der Waals surface area contributed by atoms with Gasteiger partial charge < -0.3 is 5.32 Å². The number of aryl methyl sites for hydroxylation is 2. The molecule has 0 fully saturated rings. The van der Waals surface area contributed by atoms with Crippen molar-refractivity contribution in [2.45, 2.75) is 66.5 Å². The third-order valence-corrected chi connectivity index (χ3v) is 3.44. The van der Waals surface area contributed by atoms with E-state index in [1.807, 2.05) is 0 Å². The predicted octanol–water partition coefficient (Wildman–Crippen LogP) is 2.60. The number of rotatable bonds is 7. The number of hydrogen-bond donors (Lipinski definition) is 1. The van der Waals surface area contributed by atoms with Crippen molar-refractivity contribution in [2.75, 3.05) is 6.54 Å². The van der Waals surface area contributed by atoms with Gasteiger partial charge in [-0.1, -0.05) is 34.6 Å². The summed E-state index contributed by atoms with van der Waals surface area (Å²) in [6.07, 6.45) is 1.85. The SMILES string of the molecule is CCc1nc(CC)n(C(C)C(C)CNC(C)C)n1. The smallest absolute Gasteiger partial charge is 0.150 e. The van der Waals surface area contributed by atoms with E-state index in [1.165, 1.54) is 0 Å². The molecule has 0 amide bonds. The molecule has 0 saturated heterocycles. The molecule has 0 bridgehead atoms. The maximum absolute atomic E-state index is 4.63. The van der Waals surface area contributed by atoms with E-state index in [1.54, 1.807) is 0 Å². The summed E-state index contributed by atoms with van der Waals surface area (Å²) in [6.45, 7) is 14.1. The van der Waals surface area contributed by atoms with Gasteiger partial charge in [-0.2, -0.15) is 5.10 Å². The Bertz CT molecular complexity index is 357. The molecular formula is C14H28N4. The summed E-state index contributed by atoms with van der Waals surface area (Å²) in [5, 5.41) is 8.12. The van der Waals surface area contributed by atoms with Gasteiger partial charge in [0.1, 0.15) is 5.82 Å². The Morgan fingerprint density at radius 1 is 1.11 bits per heavy atom. The summed E-state index contributed by atoms with van der Waals surface area (Å²) in [4.78, 5) is 4.58. The van der Waals surface area contributed by atoms with Crippen molar-refractivity contribution >= 4 is 0 Å². The fraction of sp³-hybridized carbons (Fsp3) is 0.857. The first-order valence-electron chi connectivity index (χ1n) is 7.17. The highest BCUT2D eigenvalue weighted by Crippen LogP contribution is 2.18. The molecule has 0 aliphatic rings. The van der Waals surface area contributed by atoms with Gasteiger partial charge in [-0.3, -0.25) is 0 Å². The Labute approximate surface area is 111 Å². The van der Waals surface area contributed by atoms with Gasteiger partial charge in [0.25, 0.3) is 0 Å². The van der Waals surface area contributed by atoms with Crippen LogP contribution in [0.5, 0.6) is 0 Å². The van der Waals surface area contributed by atoms with Gasteiger partial charge >= 0.3 is 0 Å². The molecule has 2 unspecified atom stereocenters. The van der Waals surface area contributed by atoms with Gasteiger partial charge in [-0.25, -0.2) is 9.67 Å². The average Bonchev–Trinajstić information content (AvgIpc) is 2.78. The molecule has 104 valence electrons. The minimum atomic E-state index is 0.388. The van der Waals surface area contributed by atoms with Crippen molar-refractivity contribution < 1.29 is 0 Å². The van der Waals surface area contributed by atoms with Crippen molar-refractivity contribution in [2.24, 2.45) is 5.92 Å². The van der Waals surface area contributed by atoms with Crippen LogP contribution in [0, 0.1) is 5.92 Å². The lowest BCUT2D eigenvalue weighted by molar-refractivity contribution is 0.321. The quantitative estimate of drug-likeness (QED) is 0.811. The fourth-order valence-electron chi connectivity index (χ4n) is 1.95. The average molecular weight is 252 g/mol. The highest BCUT2D eigenvalue weighted by molar-refractivity contribution is 4.95. The van der Waals surface area contributed by atoms with Crippen LogP contribution in [0.25, 0.3) is 0 Å². The first-order valence-corrected chi connectivity index (χ1v) is 7.17. The Kier molecular flexibility index (Phi) is 5.79. The zero-order valence-electron chi connectivity index (χ0n) is 12.7. The van der Waals surface area contributed by atoms with Crippen LogP contribution in [-0.4, -0.2) is 27.4 Å². The molecule has 0 aromatic carbocycles. The lowest BCUT2D eigenvalue weighted by atomic mass is 10.0. The van der Waals surface area contributed by atoms with Gasteiger partial charge in [0.15, 0.2) is 5.82 Å². The Morgan fingerprint density at radius 2 is 1.78 bits per heavy atom. The summed E-state index contributed by atoms with van der Waals surface area (Å²) in [5.74, 6) is 2.61. The molecule has 0 spiro atoms. The second kappa shape index (κ2) is 6.88. The van der Waals surface area contributed by atoms with Gasteiger partial charge in [-0.15, -0.1) is 0 Å². The minimum absolute atomic E-state index is 0.388. The topological polar surface area (TPSA) is 42.7 Å². The fourth-order valence-corrected chi connectivity index (χ4v) is 1.95. The molecule has 1 aromatic rings. The summed E-state index contributed by atoms with van der Waals surface area (Å²) in [5.41, 5.74) is 0. The molecule has 1 rings (SSSR count). The van der Waals surface area contributed by atoms with Gasteiger partial charge in [0.05, 0.1) is 6.04 Å². The zero-order chi connectivity index (χ0) is 13.7. The van der Waals surface area contributed by atoms with Crippen LogP contribution in [0.15, 0.2) is 0 Å². The van der Waals surface area contributed by atoms with Gasteiger partial charge in [0, 0.05) is 18.9 Å². The van der Waals surface area contributed by atoms with E-state index in [-0.39, 0.29) is 0 Å². The summed E-state index contributed by atoms with van der Waals surface area (Å²) < 4.78 is 2.12. The highest BCUT2D eigenvalue weighted by Gasteiger charge is 2.19. The molecule has 0 aliphatic heterocycles. The van der Waals surface area contributed by atoms with Gasteiger partial charge in [-0.05, 0) is 19.4 Å². The number of nitrogens with zero attached hydrogens (tertiary/aromatic N) is 3. The predicted molar refractivity (Wildman–Crippen MR) is 75.8 cm³/mol. The molecule has 0 radical (unpaired) electrons. The van der Waals surface area contributed by atoms with Crippen LogP contribution < -0.4 is 5.32 Å².